The smallest absolute Gasteiger partial charge is 0.223 e. The molecule has 0 heterocycles. The number of amides is 1. The van der Waals surface area contributed by atoms with Crippen molar-refractivity contribution in [2.75, 3.05) is 7.05 Å². The average molecular weight is 351 g/mol. The van der Waals surface area contributed by atoms with Crippen LogP contribution in [0.15, 0.2) is 48.5 Å². The molecule has 138 valence electrons. The van der Waals surface area contributed by atoms with Crippen LogP contribution in [0.2, 0.25) is 0 Å². The van der Waals surface area contributed by atoms with Crippen molar-refractivity contribution in [3.05, 3.63) is 65.2 Å². The minimum absolute atomic E-state index is 0.130. The molecule has 2 aromatic rings. The van der Waals surface area contributed by atoms with Crippen LogP contribution in [0, 0.1) is 6.92 Å². The van der Waals surface area contributed by atoms with E-state index in [9.17, 15) is 9.90 Å². The summed E-state index contributed by atoms with van der Waals surface area (Å²) in [5.41, 5.74) is 2.99. The van der Waals surface area contributed by atoms with Crippen molar-refractivity contribution < 1.29 is 9.90 Å². The fraction of sp³-hybridized carbons (Fsp3) is 0.435. The fourth-order valence-electron chi connectivity index (χ4n) is 4.04. The van der Waals surface area contributed by atoms with Gasteiger partial charge in [-0.1, -0.05) is 67.3 Å². The van der Waals surface area contributed by atoms with E-state index in [-0.39, 0.29) is 17.6 Å². The number of phenols is 1. The van der Waals surface area contributed by atoms with E-state index in [4.69, 9.17) is 0 Å². The molecule has 1 fully saturated rings. The largest absolute Gasteiger partial charge is 0.508 e. The molecule has 3 nitrogen and oxygen atoms in total. The van der Waals surface area contributed by atoms with Crippen LogP contribution in [0.1, 0.15) is 61.1 Å². The Balaban J connectivity index is 1.86. The Bertz CT molecular complexity index is 735. The molecule has 0 radical (unpaired) electrons. The second-order valence-corrected chi connectivity index (χ2v) is 7.53. The van der Waals surface area contributed by atoms with Crippen LogP contribution < -0.4 is 0 Å². The van der Waals surface area contributed by atoms with E-state index in [1.165, 1.54) is 19.3 Å². The first-order chi connectivity index (χ1) is 12.6. The van der Waals surface area contributed by atoms with Gasteiger partial charge in [-0.15, -0.1) is 0 Å². The lowest BCUT2D eigenvalue weighted by Crippen LogP contribution is -2.38. The molecule has 0 spiro atoms. The van der Waals surface area contributed by atoms with E-state index in [2.05, 4.69) is 0 Å². The zero-order valence-electron chi connectivity index (χ0n) is 15.8. The van der Waals surface area contributed by atoms with Gasteiger partial charge in [0.05, 0.1) is 0 Å². The Morgan fingerprint density at radius 3 is 2.50 bits per heavy atom. The monoisotopic (exact) mass is 351 g/mol. The van der Waals surface area contributed by atoms with Gasteiger partial charge in [-0.25, -0.2) is 0 Å². The lowest BCUT2D eigenvalue weighted by molar-refractivity contribution is -0.132. The Morgan fingerprint density at radius 1 is 1.12 bits per heavy atom. The lowest BCUT2D eigenvalue weighted by atomic mass is 9.86. The molecule has 0 saturated heterocycles. The summed E-state index contributed by atoms with van der Waals surface area (Å²) in [5, 5.41) is 10.4. The number of benzene rings is 2. The highest BCUT2D eigenvalue weighted by molar-refractivity contribution is 5.78. The normalized spacial score (nSPS) is 16.2. The predicted octanol–water partition coefficient (Wildman–Crippen LogP) is 5.01. The summed E-state index contributed by atoms with van der Waals surface area (Å²) < 4.78 is 0. The average Bonchev–Trinajstić information content (AvgIpc) is 2.68. The molecule has 1 aliphatic rings. The Kier molecular flexibility index (Phi) is 5.97. The number of hydrogen-bond donors (Lipinski definition) is 1. The number of phenolic OH excluding ortho intramolecular Hbond substituents is 1. The predicted molar refractivity (Wildman–Crippen MR) is 105 cm³/mol. The summed E-state index contributed by atoms with van der Waals surface area (Å²) in [6, 6.07) is 16.0. The SMILES string of the molecule is Cc1ccc(O)c(C(CC(=O)N(C)C2CCCCC2)c2ccccc2)c1. The molecule has 1 unspecified atom stereocenters. The van der Waals surface area contributed by atoms with E-state index in [0.29, 0.717) is 12.5 Å². The van der Waals surface area contributed by atoms with Gasteiger partial charge in [-0.3, -0.25) is 4.79 Å². The van der Waals surface area contributed by atoms with Crippen LogP contribution in [0.5, 0.6) is 5.75 Å². The van der Waals surface area contributed by atoms with Crippen LogP contribution in [-0.4, -0.2) is 29.0 Å². The second-order valence-electron chi connectivity index (χ2n) is 7.53. The van der Waals surface area contributed by atoms with Crippen molar-refractivity contribution in [2.45, 2.75) is 57.4 Å². The number of carbonyl (C=O) groups excluding carboxylic acids is 1. The molecule has 0 aromatic heterocycles. The molecule has 1 N–H and O–H groups in total. The van der Waals surface area contributed by atoms with Crippen molar-refractivity contribution >= 4 is 5.91 Å². The van der Waals surface area contributed by atoms with Gasteiger partial charge in [0.25, 0.3) is 0 Å². The third-order valence-corrected chi connectivity index (χ3v) is 5.65. The fourth-order valence-corrected chi connectivity index (χ4v) is 4.04. The van der Waals surface area contributed by atoms with Gasteiger partial charge in [0.2, 0.25) is 5.91 Å². The van der Waals surface area contributed by atoms with Crippen molar-refractivity contribution in [2.24, 2.45) is 0 Å². The van der Waals surface area contributed by atoms with E-state index in [0.717, 1.165) is 29.5 Å². The number of rotatable bonds is 5. The highest BCUT2D eigenvalue weighted by Gasteiger charge is 2.27. The first-order valence-electron chi connectivity index (χ1n) is 9.66. The van der Waals surface area contributed by atoms with Gasteiger partial charge >= 0.3 is 0 Å². The molecule has 3 rings (SSSR count). The van der Waals surface area contributed by atoms with Gasteiger partial charge < -0.3 is 10.0 Å². The first-order valence-corrected chi connectivity index (χ1v) is 9.66. The van der Waals surface area contributed by atoms with Gasteiger partial charge in [-0.2, -0.15) is 0 Å². The van der Waals surface area contributed by atoms with Crippen LogP contribution in [-0.2, 0) is 4.79 Å². The van der Waals surface area contributed by atoms with Crippen LogP contribution in [0.3, 0.4) is 0 Å². The quantitative estimate of drug-likeness (QED) is 0.822. The van der Waals surface area contributed by atoms with Gasteiger partial charge in [0.15, 0.2) is 0 Å². The van der Waals surface area contributed by atoms with Gasteiger partial charge in [-0.05, 0) is 31.4 Å². The van der Waals surface area contributed by atoms with E-state index < -0.39 is 0 Å². The highest BCUT2D eigenvalue weighted by atomic mass is 16.3. The minimum Gasteiger partial charge on any atom is -0.508 e. The van der Waals surface area contributed by atoms with Crippen LogP contribution in [0.4, 0.5) is 0 Å². The van der Waals surface area contributed by atoms with Crippen molar-refractivity contribution in [1.29, 1.82) is 0 Å². The third kappa shape index (κ3) is 4.27. The van der Waals surface area contributed by atoms with Crippen molar-refractivity contribution in [1.82, 2.24) is 4.90 Å². The summed E-state index contributed by atoms with van der Waals surface area (Å²) >= 11 is 0. The van der Waals surface area contributed by atoms with Gasteiger partial charge in [0.1, 0.15) is 5.75 Å². The topological polar surface area (TPSA) is 40.5 Å². The van der Waals surface area contributed by atoms with Crippen LogP contribution >= 0.6 is 0 Å². The van der Waals surface area contributed by atoms with E-state index in [1.807, 2.05) is 61.3 Å². The summed E-state index contributed by atoms with van der Waals surface area (Å²) in [6.45, 7) is 2.01. The second kappa shape index (κ2) is 8.39. The summed E-state index contributed by atoms with van der Waals surface area (Å²) in [7, 11) is 1.94. The van der Waals surface area contributed by atoms with Crippen LogP contribution in [0.25, 0.3) is 0 Å². The number of nitrogens with zero attached hydrogens (tertiary/aromatic N) is 1. The lowest BCUT2D eigenvalue weighted by Gasteiger charge is -2.32. The molecule has 0 aliphatic heterocycles. The zero-order valence-corrected chi connectivity index (χ0v) is 15.8. The van der Waals surface area contributed by atoms with E-state index in [1.54, 1.807) is 6.07 Å². The molecule has 3 heteroatoms. The Labute approximate surface area is 156 Å². The number of hydrogen-bond acceptors (Lipinski definition) is 2. The Morgan fingerprint density at radius 2 is 1.81 bits per heavy atom. The maximum atomic E-state index is 13.0. The number of aromatic hydroxyl groups is 1. The van der Waals surface area contributed by atoms with Crippen molar-refractivity contribution in [3.63, 3.8) is 0 Å². The molecule has 0 bridgehead atoms. The molecular formula is C23H29NO2. The first kappa shape index (κ1) is 18.5. The molecule has 1 aliphatic carbocycles. The van der Waals surface area contributed by atoms with Crippen molar-refractivity contribution in [3.8, 4) is 5.75 Å². The summed E-state index contributed by atoms with van der Waals surface area (Å²) in [6.07, 6.45) is 6.30. The van der Waals surface area contributed by atoms with E-state index >= 15 is 0 Å². The minimum atomic E-state index is -0.130. The summed E-state index contributed by atoms with van der Waals surface area (Å²) in [4.78, 5) is 15.0. The van der Waals surface area contributed by atoms with Gasteiger partial charge in [0, 0.05) is 31.0 Å². The maximum Gasteiger partial charge on any atom is 0.223 e. The summed E-state index contributed by atoms with van der Waals surface area (Å²) in [5.74, 6) is 0.291. The molecule has 1 atom stereocenters. The Hall–Kier alpha value is -2.29. The standard InChI is InChI=1S/C23H29NO2/c1-17-13-14-22(25)21(15-17)20(18-9-5-3-6-10-18)16-23(26)24(2)19-11-7-4-8-12-19/h3,5-6,9-10,13-15,19-20,25H,4,7-8,11-12,16H2,1-2H3. The highest BCUT2D eigenvalue weighted by Crippen LogP contribution is 2.35. The molecule has 26 heavy (non-hydrogen) atoms. The maximum absolute atomic E-state index is 13.0. The zero-order chi connectivity index (χ0) is 18.5. The molecule has 1 saturated carbocycles. The number of aryl methyl sites for hydroxylation is 1. The third-order valence-electron chi connectivity index (χ3n) is 5.65. The molecule has 1 amide bonds. The molecule has 2 aromatic carbocycles. The number of carbonyl (C=O) groups is 1. The molecular weight excluding hydrogens is 322 g/mol.